The van der Waals surface area contributed by atoms with Crippen LogP contribution in [0.2, 0.25) is 0 Å². The minimum Gasteiger partial charge on any atom is -0.324 e. The van der Waals surface area contributed by atoms with Crippen LogP contribution in [0.3, 0.4) is 0 Å². The summed E-state index contributed by atoms with van der Waals surface area (Å²) in [5.41, 5.74) is 9.83. The van der Waals surface area contributed by atoms with Crippen LogP contribution >= 0.6 is 0 Å². The third-order valence-corrected chi connectivity index (χ3v) is 3.04. The fourth-order valence-corrected chi connectivity index (χ4v) is 1.78. The van der Waals surface area contributed by atoms with Crippen LogP contribution < -0.4 is 11.1 Å². The molecule has 0 heterocycles. The van der Waals surface area contributed by atoms with Gasteiger partial charge in [-0.3, -0.25) is 4.79 Å². The van der Waals surface area contributed by atoms with Crippen LogP contribution in [0.4, 0.5) is 5.69 Å². The van der Waals surface area contributed by atoms with Gasteiger partial charge in [-0.05, 0) is 31.5 Å². The van der Waals surface area contributed by atoms with Crippen molar-refractivity contribution in [1.82, 2.24) is 0 Å². The third kappa shape index (κ3) is 3.42. The molecule has 0 spiro atoms. The van der Waals surface area contributed by atoms with E-state index >= 15 is 0 Å². The second kappa shape index (κ2) is 5.67. The lowest BCUT2D eigenvalue weighted by molar-refractivity contribution is -0.117. The smallest absolute Gasteiger partial charge is 0.245 e. The van der Waals surface area contributed by atoms with Gasteiger partial charge in [-0.2, -0.15) is 0 Å². The largest absolute Gasteiger partial charge is 0.324 e. The van der Waals surface area contributed by atoms with Gasteiger partial charge in [-0.15, -0.1) is 0 Å². The van der Waals surface area contributed by atoms with E-state index in [2.05, 4.69) is 5.32 Å². The predicted molar refractivity (Wildman–Crippen MR) is 77.9 cm³/mol. The van der Waals surface area contributed by atoms with Crippen LogP contribution in [0.25, 0.3) is 0 Å². The Morgan fingerprint density at radius 1 is 0.947 bits per heavy atom. The summed E-state index contributed by atoms with van der Waals surface area (Å²) in [4.78, 5) is 12.0. The highest BCUT2D eigenvalue weighted by Crippen LogP contribution is 2.15. The zero-order valence-electron chi connectivity index (χ0n) is 11.2. The van der Waals surface area contributed by atoms with Crippen molar-refractivity contribution >= 4 is 11.6 Å². The Balaban J connectivity index is 2.07. The molecular formula is C16H18N2O. The average Bonchev–Trinajstić information content (AvgIpc) is 2.41. The third-order valence-electron chi connectivity index (χ3n) is 3.04. The first-order chi connectivity index (χ1) is 9.06. The second-order valence-corrected chi connectivity index (χ2v) is 4.74. The van der Waals surface area contributed by atoms with Gasteiger partial charge in [0.25, 0.3) is 0 Å². The van der Waals surface area contributed by atoms with E-state index < -0.39 is 6.04 Å². The fourth-order valence-electron chi connectivity index (χ4n) is 1.78. The number of nitrogens with one attached hydrogen (secondary N) is 1. The summed E-state index contributed by atoms with van der Waals surface area (Å²) in [6.45, 7) is 4.01. The molecular weight excluding hydrogens is 236 g/mol. The number of hydrogen-bond donors (Lipinski definition) is 2. The molecule has 3 N–H and O–H groups in total. The number of amides is 1. The lowest BCUT2D eigenvalue weighted by Gasteiger charge is -2.13. The van der Waals surface area contributed by atoms with E-state index in [0.29, 0.717) is 0 Å². The van der Waals surface area contributed by atoms with Gasteiger partial charge in [0, 0.05) is 5.69 Å². The van der Waals surface area contributed by atoms with Crippen LogP contribution in [-0.2, 0) is 4.79 Å². The highest BCUT2D eigenvalue weighted by molar-refractivity contribution is 5.95. The van der Waals surface area contributed by atoms with Crippen molar-refractivity contribution in [3.8, 4) is 0 Å². The highest BCUT2D eigenvalue weighted by Gasteiger charge is 2.15. The van der Waals surface area contributed by atoms with Gasteiger partial charge in [0.15, 0.2) is 0 Å². The van der Waals surface area contributed by atoms with Crippen molar-refractivity contribution in [3.05, 3.63) is 65.2 Å². The molecule has 0 aliphatic carbocycles. The van der Waals surface area contributed by atoms with Gasteiger partial charge in [0.1, 0.15) is 6.04 Å². The van der Waals surface area contributed by atoms with E-state index in [9.17, 15) is 4.79 Å². The summed E-state index contributed by atoms with van der Waals surface area (Å²) in [5, 5.41) is 2.82. The van der Waals surface area contributed by atoms with Crippen LogP contribution in [0, 0.1) is 13.8 Å². The van der Waals surface area contributed by atoms with E-state index in [1.807, 2.05) is 62.4 Å². The fraction of sp³-hybridized carbons (Fsp3) is 0.188. The highest BCUT2D eigenvalue weighted by atomic mass is 16.2. The Bertz CT molecular complexity index is 558. The molecule has 1 amide bonds. The van der Waals surface area contributed by atoms with Gasteiger partial charge in [-0.25, -0.2) is 0 Å². The van der Waals surface area contributed by atoms with E-state index in [1.54, 1.807) is 0 Å². The van der Waals surface area contributed by atoms with Gasteiger partial charge in [0.2, 0.25) is 5.91 Å². The average molecular weight is 254 g/mol. The van der Waals surface area contributed by atoms with Crippen LogP contribution in [-0.4, -0.2) is 5.91 Å². The molecule has 2 aromatic carbocycles. The van der Waals surface area contributed by atoms with Crippen LogP contribution in [0.1, 0.15) is 22.7 Å². The topological polar surface area (TPSA) is 55.1 Å². The van der Waals surface area contributed by atoms with Gasteiger partial charge >= 0.3 is 0 Å². The summed E-state index contributed by atoms with van der Waals surface area (Å²) in [5.74, 6) is -0.201. The molecule has 2 rings (SSSR count). The molecule has 3 heteroatoms. The molecule has 0 fully saturated rings. The van der Waals surface area contributed by atoms with Crippen molar-refractivity contribution < 1.29 is 4.79 Å². The lowest BCUT2D eigenvalue weighted by Crippen LogP contribution is -2.27. The molecule has 0 saturated carbocycles. The molecule has 3 nitrogen and oxygen atoms in total. The number of rotatable bonds is 3. The minimum absolute atomic E-state index is 0.201. The van der Waals surface area contributed by atoms with E-state index in [-0.39, 0.29) is 5.91 Å². The number of carbonyl (C=O) groups is 1. The number of hydrogen-bond acceptors (Lipinski definition) is 2. The maximum absolute atomic E-state index is 12.0. The first-order valence-corrected chi connectivity index (χ1v) is 6.26. The summed E-state index contributed by atoms with van der Waals surface area (Å²) in [6, 6.07) is 14.7. The van der Waals surface area contributed by atoms with Crippen molar-refractivity contribution in [2.75, 3.05) is 5.32 Å². The van der Waals surface area contributed by atoms with E-state index in [1.165, 1.54) is 0 Å². The number of carbonyl (C=O) groups excluding carboxylic acids is 1. The summed E-state index contributed by atoms with van der Waals surface area (Å²) in [7, 11) is 0. The van der Waals surface area contributed by atoms with Crippen LogP contribution in [0.5, 0.6) is 0 Å². The molecule has 2 aromatic rings. The van der Waals surface area contributed by atoms with Crippen molar-refractivity contribution in [1.29, 1.82) is 0 Å². The summed E-state index contributed by atoms with van der Waals surface area (Å²) in [6.07, 6.45) is 0. The van der Waals surface area contributed by atoms with Gasteiger partial charge in [-0.1, -0.05) is 47.5 Å². The molecule has 19 heavy (non-hydrogen) atoms. The zero-order chi connectivity index (χ0) is 13.8. The van der Waals surface area contributed by atoms with E-state index in [0.717, 1.165) is 22.4 Å². The number of benzene rings is 2. The molecule has 1 unspecified atom stereocenters. The zero-order valence-corrected chi connectivity index (χ0v) is 11.2. The summed E-state index contributed by atoms with van der Waals surface area (Å²) < 4.78 is 0. The predicted octanol–water partition coefficient (Wildman–Crippen LogP) is 2.94. The molecule has 1 atom stereocenters. The standard InChI is InChI=1S/C16H18N2O/c1-11-3-7-13(8-4-11)15(17)16(19)18-14-9-5-12(2)6-10-14/h3-10,15H,17H2,1-2H3,(H,18,19). The van der Waals surface area contributed by atoms with Gasteiger partial charge < -0.3 is 11.1 Å². The molecule has 0 radical (unpaired) electrons. The maximum Gasteiger partial charge on any atom is 0.245 e. The number of nitrogens with two attached hydrogens (primary N) is 1. The number of anilines is 1. The normalized spacial score (nSPS) is 11.9. The van der Waals surface area contributed by atoms with Crippen molar-refractivity contribution in [3.63, 3.8) is 0 Å². The molecule has 0 saturated heterocycles. The molecule has 0 aliphatic rings. The van der Waals surface area contributed by atoms with Crippen LogP contribution in [0.15, 0.2) is 48.5 Å². The lowest BCUT2D eigenvalue weighted by atomic mass is 10.1. The first kappa shape index (κ1) is 13.3. The Labute approximate surface area is 113 Å². The molecule has 0 aliphatic heterocycles. The Hall–Kier alpha value is -2.13. The Kier molecular flexibility index (Phi) is 3.97. The first-order valence-electron chi connectivity index (χ1n) is 6.26. The molecule has 0 bridgehead atoms. The minimum atomic E-state index is -0.651. The SMILES string of the molecule is Cc1ccc(NC(=O)C(N)c2ccc(C)cc2)cc1. The monoisotopic (exact) mass is 254 g/mol. The van der Waals surface area contributed by atoms with Gasteiger partial charge in [0.05, 0.1) is 0 Å². The molecule has 0 aromatic heterocycles. The quantitative estimate of drug-likeness (QED) is 0.884. The molecule has 98 valence electrons. The van der Waals surface area contributed by atoms with Crippen molar-refractivity contribution in [2.24, 2.45) is 5.73 Å². The Morgan fingerprint density at radius 3 is 1.95 bits per heavy atom. The van der Waals surface area contributed by atoms with E-state index in [4.69, 9.17) is 5.73 Å². The maximum atomic E-state index is 12.0. The van der Waals surface area contributed by atoms with Crippen molar-refractivity contribution in [2.45, 2.75) is 19.9 Å². The Morgan fingerprint density at radius 2 is 1.42 bits per heavy atom. The number of aryl methyl sites for hydroxylation is 2. The second-order valence-electron chi connectivity index (χ2n) is 4.74. The summed E-state index contributed by atoms with van der Waals surface area (Å²) >= 11 is 0.